The Labute approximate surface area is 112 Å². The number of hydrogen-bond donors (Lipinski definition) is 3. The van der Waals surface area contributed by atoms with Crippen molar-refractivity contribution in [2.75, 3.05) is 0 Å². The van der Waals surface area contributed by atoms with Gasteiger partial charge in [0.2, 0.25) is 0 Å². The summed E-state index contributed by atoms with van der Waals surface area (Å²) < 4.78 is 13.3. The standard InChI is InChI=1S/C12H10ClFN2O3/c1-5-2-6(7(13)3-8(5)14)11(17)9-10(12(18)19)16-4-15-9/h2-4,11,17H,1H3,(H,15,16)(H,18,19). The molecule has 3 N–H and O–H groups in total. The molecule has 0 fully saturated rings. The van der Waals surface area contributed by atoms with Gasteiger partial charge in [0.25, 0.3) is 0 Å². The number of aromatic amines is 1. The highest BCUT2D eigenvalue weighted by atomic mass is 35.5. The molecule has 5 nitrogen and oxygen atoms in total. The fourth-order valence-electron chi connectivity index (χ4n) is 1.73. The number of nitrogens with zero attached hydrogens (tertiary/aromatic N) is 1. The van der Waals surface area contributed by atoms with E-state index >= 15 is 0 Å². The van der Waals surface area contributed by atoms with Crippen LogP contribution in [0.3, 0.4) is 0 Å². The Morgan fingerprint density at radius 1 is 1.53 bits per heavy atom. The molecule has 2 rings (SSSR count). The Kier molecular flexibility index (Phi) is 3.55. The largest absolute Gasteiger partial charge is 0.476 e. The van der Waals surface area contributed by atoms with Crippen molar-refractivity contribution in [1.29, 1.82) is 0 Å². The number of aryl methyl sites for hydroxylation is 1. The van der Waals surface area contributed by atoms with Crippen LogP contribution in [0.1, 0.15) is 33.4 Å². The first kappa shape index (κ1) is 13.5. The quantitative estimate of drug-likeness (QED) is 0.807. The smallest absolute Gasteiger partial charge is 0.356 e. The number of aromatic carboxylic acids is 1. The van der Waals surface area contributed by atoms with Crippen molar-refractivity contribution in [3.63, 3.8) is 0 Å². The molecule has 1 atom stereocenters. The number of imidazole rings is 1. The average Bonchev–Trinajstić information content (AvgIpc) is 2.82. The van der Waals surface area contributed by atoms with Crippen molar-refractivity contribution < 1.29 is 19.4 Å². The number of hydrogen-bond acceptors (Lipinski definition) is 3. The lowest BCUT2D eigenvalue weighted by atomic mass is 10.0. The Balaban J connectivity index is 2.50. The van der Waals surface area contributed by atoms with E-state index in [2.05, 4.69) is 9.97 Å². The third kappa shape index (κ3) is 2.45. The van der Waals surface area contributed by atoms with Crippen LogP contribution in [0.5, 0.6) is 0 Å². The zero-order valence-electron chi connectivity index (χ0n) is 9.82. The molecule has 0 radical (unpaired) electrons. The number of carboxylic acids is 1. The normalized spacial score (nSPS) is 12.4. The van der Waals surface area contributed by atoms with Crippen LogP contribution in [-0.2, 0) is 0 Å². The number of rotatable bonds is 3. The Bertz CT molecular complexity index is 642. The summed E-state index contributed by atoms with van der Waals surface area (Å²) in [5.74, 6) is -1.77. The molecule has 1 aromatic carbocycles. The van der Waals surface area contributed by atoms with E-state index in [1.54, 1.807) is 0 Å². The molecular formula is C12H10ClFN2O3. The molecule has 100 valence electrons. The summed E-state index contributed by atoms with van der Waals surface area (Å²) in [5.41, 5.74) is 0.216. The van der Waals surface area contributed by atoms with Gasteiger partial charge in [-0.3, -0.25) is 0 Å². The van der Waals surface area contributed by atoms with Gasteiger partial charge in [-0.15, -0.1) is 0 Å². The van der Waals surface area contributed by atoms with Crippen LogP contribution < -0.4 is 0 Å². The minimum Gasteiger partial charge on any atom is -0.476 e. The van der Waals surface area contributed by atoms with Crippen molar-refractivity contribution in [3.05, 3.63) is 51.8 Å². The monoisotopic (exact) mass is 284 g/mol. The van der Waals surface area contributed by atoms with Gasteiger partial charge in [-0.1, -0.05) is 11.6 Å². The zero-order valence-corrected chi connectivity index (χ0v) is 10.6. The second-order valence-corrected chi connectivity index (χ2v) is 4.40. The molecule has 0 saturated heterocycles. The minimum atomic E-state index is -1.32. The van der Waals surface area contributed by atoms with Gasteiger partial charge in [-0.05, 0) is 24.6 Å². The fraction of sp³-hybridized carbons (Fsp3) is 0.167. The molecule has 0 saturated carbocycles. The Hall–Kier alpha value is -1.92. The second kappa shape index (κ2) is 4.99. The average molecular weight is 285 g/mol. The van der Waals surface area contributed by atoms with Crippen LogP contribution in [0.25, 0.3) is 0 Å². The third-order valence-electron chi connectivity index (χ3n) is 2.72. The number of carboxylic acid groups (broad SMARTS) is 1. The molecule has 0 amide bonds. The van der Waals surface area contributed by atoms with Gasteiger partial charge < -0.3 is 15.2 Å². The molecule has 1 heterocycles. The van der Waals surface area contributed by atoms with E-state index in [-0.39, 0.29) is 22.0 Å². The van der Waals surface area contributed by atoms with Crippen molar-refractivity contribution in [3.8, 4) is 0 Å². The molecule has 0 aliphatic rings. The molecule has 19 heavy (non-hydrogen) atoms. The first-order valence-electron chi connectivity index (χ1n) is 5.32. The van der Waals surface area contributed by atoms with E-state index < -0.39 is 17.9 Å². The maximum atomic E-state index is 13.3. The summed E-state index contributed by atoms with van der Waals surface area (Å²) >= 11 is 5.86. The number of aliphatic hydroxyl groups is 1. The van der Waals surface area contributed by atoms with Crippen LogP contribution in [0.15, 0.2) is 18.5 Å². The Morgan fingerprint density at radius 2 is 2.21 bits per heavy atom. The van der Waals surface area contributed by atoms with Crippen molar-refractivity contribution in [2.45, 2.75) is 13.0 Å². The molecular weight excluding hydrogens is 275 g/mol. The maximum absolute atomic E-state index is 13.3. The second-order valence-electron chi connectivity index (χ2n) is 4.00. The predicted molar refractivity (Wildman–Crippen MR) is 65.8 cm³/mol. The molecule has 1 aromatic heterocycles. The van der Waals surface area contributed by atoms with Crippen molar-refractivity contribution >= 4 is 17.6 Å². The SMILES string of the molecule is Cc1cc(C(O)c2[nH]cnc2C(=O)O)c(Cl)cc1F. The van der Waals surface area contributed by atoms with Crippen LogP contribution in [0.2, 0.25) is 5.02 Å². The van der Waals surface area contributed by atoms with Gasteiger partial charge in [-0.2, -0.15) is 0 Å². The van der Waals surface area contributed by atoms with Gasteiger partial charge in [0.1, 0.15) is 11.9 Å². The van der Waals surface area contributed by atoms with E-state index in [9.17, 15) is 14.3 Å². The number of aliphatic hydroxyl groups excluding tert-OH is 1. The van der Waals surface area contributed by atoms with E-state index in [1.165, 1.54) is 13.0 Å². The van der Waals surface area contributed by atoms with E-state index in [4.69, 9.17) is 16.7 Å². The first-order valence-corrected chi connectivity index (χ1v) is 5.69. The fourth-order valence-corrected chi connectivity index (χ4v) is 1.98. The number of H-pyrrole nitrogens is 1. The minimum absolute atomic E-state index is 0.000378. The maximum Gasteiger partial charge on any atom is 0.356 e. The lowest BCUT2D eigenvalue weighted by molar-refractivity contribution is 0.0685. The molecule has 1 unspecified atom stereocenters. The Morgan fingerprint density at radius 3 is 2.84 bits per heavy atom. The number of halogens is 2. The van der Waals surface area contributed by atoms with E-state index in [0.29, 0.717) is 5.56 Å². The zero-order chi connectivity index (χ0) is 14.2. The van der Waals surface area contributed by atoms with E-state index in [0.717, 1.165) is 12.4 Å². The summed E-state index contributed by atoms with van der Waals surface area (Å²) in [6, 6.07) is 2.45. The van der Waals surface area contributed by atoms with Crippen LogP contribution >= 0.6 is 11.6 Å². The van der Waals surface area contributed by atoms with Gasteiger partial charge in [0.05, 0.1) is 12.0 Å². The molecule has 0 aliphatic heterocycles. The van der Waals surface area contributed by atoms with Crippen LogP contribution in [0.4, 0.5) is 4.39 Å². The molecule has 0 aliphatic carbocycles. The molecule has 0 bridgehead atoms. The summed E-state index contributed by atoms with van der Waals surface area (Å²) in [6.07, 6.45) is -0.160. The topological polar surface area (TPSA) is 86.2 Å². The highest BCUT2D eigenvalue weighted by Crippen LogP contribution is 2.30. The van der Waals surface area contributed by atoms with Crippen LogP contribution in [-0.4, -0.2) is 26.2 Å². The highest BCUT2D eigenvalue weighted by molar-refractivity contribution is 6.31. The number of carbonyl (C=O) groups is 1. The van der Waals surface area contributed by atoms with Crippen LogP contribution in [0, 0.1) is 12.7 Å². The number of benzene rings is 1. The van der Waals surface area contributed by atoms with Crippen molar-refractivity contribution in [1.82, 2.24) is 9.97 Å². The molecule has 0 spiro atoms. The first-order chi connectivity index (χ1) is 8.91. The summed E-state index contributed by atoms with van der Waals surface area (Å²) in [6.45, 7) is 1.52. The van der Waals surface area contributed by atoms with Crippen molar-refractivity contribution in [2.24, 2.45) is 0 Å². The third-order valence-corrected chi connectivity index (χ3v) is 3.04. The lowest BCUT2D eigenvalue weighted by Gasteiger charge is -2.13. The highest BCUT2D eigenvalue weighted by Gasteiger charge is 2.23. The lowest BCUT2D eigenvalue weighted by Crippen LogP contribution is -2.09. The summed E-state index contributed by atoms with van der Waals surface area (Å²) in [7, 11) is 0. The number of aromatic nitrogens is 2. The number of nitrogens with one attached hydrogen (secondary N) is 1. The van der Waals surface area contributed by atoms with Gasteiger partial charge in [0.15, 0.2) is 5.69 Å². The summed E-state index contributed by atoms with van der Waals surface area (Å²) in [5, 5.41) is 19.1. The van der Waals surface area contributed by atoms with Gasteiger partial charge in [0, 0.05) is 10.6 Å². The van der Waals surface area contributed by atoms with Gasteiger partial charge >= 0.3 is 5.97 Å². The molecule has 2 aromatic rings. The summed E-state index contributed by atoms with van der Waals surface area (Å²) in [4.78, 5) is 17.1. The molecule has 7 heteroatoms. The van der Waals surface area contributed by atoms with Gasteiger partial charge in [-0.25, -0.2) is 14.2 Å². The van der Waals surface area contributed by atoms with E-state index in [1.807, 2.05) is 0 Å². The predicted octanol–water partition coefficient (Wildman–Crippen LogP) is 2.29.